The molecular formula is C29H32Cl2FN3O4S. The summed E-state index contributed by atoms with van der Waals surface area (Å²) in [5, 5.41) is 3.49. The third-order valence-corrected chi connectivity index (χ3v) is 8.50. The van der Waals surface area contributed by atoms with E-state index in [0.717, 1.165) is 16.4 Å². The molecule has 0 heterocycles. The van der Waals surface area contributed by atoms with Crippen LogP contribution in [0.15, 0.2) is 77.7 Å². The number of halogens is 3. The normalized spacial score (nSPS) is 12.5. The fraction of sp³-hybridized carbons (Fsp3) is 0.310. The Morgan fingerprint density at radius 3 is 2.02 bits per heavy atom. The maximum atomic E-state index is 14.0. The van der Waals surface area contributed by atoms with Crippen molar-refractivity contribution >= 4 is 50.7 Å². The largest absolute Gasteiger partial charge is 0.350 e. The number of anilines is 1. The molecular weight excluding hydrogens is 576 g/mol. The number of rotatable bonds is 10. The van der Waals surface area contributed by atoms with E-state index >= 15 is 0 Å². The fourth-order valence-electron chi connectivity index (χ4n) is 4.08. The first-order valence-electron chi connectivity index (χ1n) is 12.6. The van der Waals surface area contributed by atoms with Gasteiger partial charge in [-0.1, -0.05) is 54.4 Å². The van der Waals surface area contributed by atoms with Gasteiger partial charge in [-0.05, 0) is 75.7 Å². The molecule has 0 spiro atoms. The van der Waals surface area contributed by atoms with Crippen molar-refractivity contribution in [2.24, 2.45) is 0 Å². The van der Waals surface area contributed by atoms with Crippen LogP contribution >= 0.6 is 23.2 Å². The van der Waals surface area contributed by atoms with Crippen molar-refractivity contribution in [3.05, 3.63) is 94.2 Å². The highest BCUT2D eigenvalue weighted by atomic mass is 35.5. The Bertz CT molecular complexity index is 1430. The molecule has 40 heavy (non-hydrogen) atoms. The second kappa shape index (κ2) is 13.0. The summed E-state index contributed by atoms with van der Waals surface area (Å²) in [5.74, 6) is -1.64. The van der Waals surface area contributed by atoms with Crippen LogP contribution in [-0.2, 0) is 26.2 Å². The molecule has 0 saturated carbocycles. The van der Waals surface area contributed by atoms with E-state index in [1.807, 2.05) is 20.8 Å². The number of amides is 2. The van der Waals surface area contributed by atoms with Crippen LogP contribution in [0, 0.1) is 5.82 Å². The number of nitrogens with one attached hydrogen (secondary N) is 1. The molecule has 1 N–H and O–H groups in total. The second-order valence-electron chi connectivity index (χ2n) is 10.2. The molecule has 11 heteroatoms. The van der Waals surface area contributed by atoms with E-state index in [-0.39, 0.29) is 23.5 Å². The monoisotopic (exact) mass is 607 g/mol. The van der Waals surface area contributed by atoms with Crippen molar-refractivity contribution in [1.29, 1.82) is 0 Å². The summed E-state index contributed by atoms with van der Waals surface area (Å²) < 4.78 is 42.1. The predicted octanol–water partition coefficient (Wildman–Crippen LogP) is 6.05. The maximum absolute atomic E-state index is 14.0. The molecule has 0 aromatic heterocycles. The lowest BCUT2D eigenvalue weighted by Gasteiger charge is -2.35. The van der Waals surface area contributed by atoms with Crippen LogP contribution in [0.5, 0.6) is 0 Å². The lowest BCUT2D eigenvalue weighted by atomic mass is 10.1. The van der Waals surface area contributed by atoms with E-state index in [1.54, 1.807) is 43.3 Å². The van der Waals surface area contributed by atoms with E-state index in [1.165, 1.54) is 29.2 Å². The van der Waals surface area contributed by atoms with Crippen LogP contribution in [0.25, 0.3) is 0 Å². The highest BCUT2D eigenvalue weighted by molar-refractivity contribution is 7.92. The van der Waals surface area contributed by atoms with Gasteiger partial charge in [-0.25, -0.2) is 12.8 Å². The molecule has 0 aliphatic heterocycles. The van der Waals surface area contributed by atoms with Gasteiger partial charge >= 0.3 is 0 Å². The summed E-state index contributed by atoms with van der Waals surface area (Å²) in [6, 6.07) is 16.3. The summed E-state index contributed by atoms with van der Waals surface area (Å²) in [6.07, 6.45) is 0.234. The van der Waals surface area contributed by atoms with Gasteiger partial charge < -0.3 is 10.2 Å². The smallest absolute Gasteiger partial charge is 0.264 e. The highest BCUT2D eigenvalue weighted by Crippen LogP contribution is 2.29. The zero-order chi connectivity index (χ0) is 29.7. The lowest BCUT2D eigenvalue weighted by Crippen LogP contribution is -2.55. The van der Waals surface area contributed by atoms with Gasteiger partial charge in [0, 0.05) is 27.7 Å². The molecule has 0 fully saturated rings. The molecule has 1 atom stereocenters. The van der Waals surface area contributed by atoms with Crippen LogP contribution in [0.1, 0.15) is 39.7 Å². The van der Waals surface area contributed by atoms with Crippen LogP contribution in [0.3, 0.4) is 0 Å². The molecule has 0 aliphatic rings. The first-order valence-corrected chi connectivity index (χ1v) is 14.8. The van der Waals surface area contributed by atoms with E-state index in [0.29, 0.717) is 15.6 Å². The first kappa shape index (κ1) is 31.4. The number of carbonyl (C=O) groups is 2. The Morgan fingerprint density at radius 2 is 1.50 bits per heavy atom. The standard InChI is InChI=1S/C29H32Cl2FN3O4S/c1-5-26(28(37)33-29(2,3)4)34(18-23-24(30)12-9-13-25(23)31)27(36)19-35(21-16-14-20(32)15-17-21)40(38,39)22-10-7-6-8-11-22/h6-17,26H,5,18-19H2,1-4H3,(H,33,37). The molecule has 7 nitrogen and oxygen atoms in total. The summed E-state index contributed by atoms with van der Waals surface area (Å²) >= 11 is 12.8. The van der Waals surface area contributed by atoms with Gasteiger partial charge in [0.1, 0.15) is 18.4 Å². The molecule has 3 rings (SSSR count). The van der Waals surface area contributed by atoms with E-state index in [9.17, 15) is 22.4 Å². The first-order chi connectivity index (χ1) is 18.7. The van der Waals surface area contributed by atoms with Crippen LogP contribution in [0.4, 0.5) is 10.1 Å². The highest BCUT2D eigenvalue weighted by Gasteiger charge is 2.35. The zero-order valence-electron chi connectivity index (χ0n) is 22.7. The van der Waals surface area contributed by atoms with Gasteiger partial charge in [-0.3, -0.25) is 13.9 Å². The van der Waals surface area contributed by atoms with Crippen molar-refractivity contribution in [3.63, 3.8) is 0 Å². The molecule has 0 radical (unpaired) electrons. The van der Waals surface area contributed by atoms with Gasteiger partial charge in [0.15, 0.2) is 0 Å². The third-order valence-electron chi connectivity index (χ3n) is 6.00. The number of sulfonamides is 1. The molecule has 0 aliphatic carbocycles. The van der Waals surface area contributed by atoms with Crippen LogP contribution in [0.2, 0.25) is 10.0 Å². The minimum atomic E-state index is -4.26. The second-order valence-corrected chi connectivity index (χ2v) is 12.9. The molecule has 0 bridgehead atoms. The predicted molar refractivity (Wildman–Crippen MR) is 156 cm³/mol. The Balaban J connectivity index is 2.10. The lowest BCUT2D eigenvalue weighted by molar-refractivity contribution is -0.141. The van der Waals surface area contributed by atoms with Crippen molar-refractivity contribution in [2.45, 2.75) is 57.1 Å². The van der Waals surface area contributed by atoms with Crippen LogP contribution in [-0.4, -0.2) is 43.3 Å². The number of hydrogen-bond acceptors (Lipinski definition) is 4. The topological polar surface area (TPSA) is 86.8 Å². The number of carbonyl (C=O) groups excluding carboxylic acids is 2. The van der Waals surface area contributed by atoms with Crippen LogP contribution < -0.4 is 9.62 Å². The minimum Gasteiger partial charge on any atom is -0.350 e. The third kappa shape index (κ3) is 7.74. The molecule has 2 amide bonds. The number of hydrogen-bond donors (Lipinski definition) is 1. The van der Waals surface area contributed by atoms with Gasteiger partial charge in [0.25, 0.3) is 10.0 Å². The van der Waals surface area contributed by atoms with Gasteiger partial charge in [-0.2, -0.15) is 0 Å². The van der Waals surface area contributed by atoms with Crippen molar-refractivity contribution in [1.82, 2.24) is 10.2 Å². The van der Waals surface area contributed by atoms with E-state index < -0.39 is 45.8 Å². The van der Waals surface area contributed by atoms with E-state index in [2.05, 4.69) is 5.32 Å². The molecule has 3 aromatic carbocycles. The van der Waals surface area contributed by atoms with Gasteiger partial charge in [0.2, 0.25) is 11.8 Å². The van der Waals surface area contributed by atoms with Crippen molar-refractivity contribution in [3.8, 4) is 0 Å². The van der Waals surface area contributed by atoms with E-state index in [4.69, 9.17) is 23.2 Å². The molecule has 1 unspecified atom stereocenters. The van der Waals surface area contributed by atoms with Crippen molar-refractivity contribution < 1.29 is 22.4 Å². The Kier molecular flexibility index (Phi) is 10.2. The Hall–Kier alpha value is -3.14. The molecule has 0 saturated heterocycles. The average molecular weight is 609 g/mol. The maximum Gasteiger partial charge on any atom is 0.264 e. The fourth-order valence-corrected chi connectivity index (χ4v) is 6.03. The molecule has 214 valence electrons. The zero-order valence-corrected chi connectivity index (χ0v) is 25.0. The van der Waals surface area contributed by atoms with Gasteiger partial charge in [-0.15, -0.1) is 0 Å². The Labute approximate surface area is 244 Å². The number of nitrogens with zero attached hydrogens (tertiary/aromatic N) is 2. The Morgan fingerprint density at radius 1 is 0.925 bits per heavy atom. The summed E-state index contributed by atoms with van der Waals surface area (Å²) in [6.45, 7) is 6.40. The average Bonchev–Trinajstić information content (AvgIpc) is 2.88. The molecule has 3 aromatic rings. The quantitative estimate of drug-likeness (QED) is 0.304. The van der Waals surface area contributed by atoms with Crippen molar-refractivity contribution in [2.75, 3.05) is 10.8 Å². The summed E-state index contributed by atoms with van der Waals surface area (Å²) in [7, 11) is -4.26. The SMILES string of the molecule is CCC(C(=O)NC(C)(C)C)N(Cc1c(Cl)cccc1Cl)C(=O)CN(c1ccc(F)cc1)S(=O)(=O)c1ccccc1. The minimum absolute atomic E-state index is 0.0506. The summed E-state index contributed by atoms with van der Waals surface area (Å²) in [4.78, 5) is 28.6. The number of benzene rings is 3. The van der Waals surface area contributed by atoms with Gasteiger partial charge in [0.05, 0.1) is 10.6 Å². The summed E-state index contributed by atoms with van der Waals surface area (Å²) in [5.41, 5.74) is -0.0834.